The van der Waals surface area contributed by atoms with Crippen molar-refractivity contribution >= 4 is 129 Å². The zero-order valence-electron chi connectivity index (χ0n) is 57.0. The molecule has 3 N–H and O–H groups in total. The first kappa shape index (κ1) is 70.8. The van der Waals surface area contributed by atoms with Crippen LogP contribution >= 0.6 is 99.6 Å². The van der Waals surface area contributed by atoms with Crippen LogP contribution in [0.15, 0.2) is 191 Å². The zero-order valence-corrected chi connectivity index (χ0v) is 66.7. The van der Waals surface area contributed by atoms with Crippen LogP contribution in [0.2, 0.25) is 0 Å². The minimum atomic E-state index is -0.811. The number of esters is 3. The van der Waals surface area contributed by atoms with Crippen LogP contribution in [0.3, 0.4) is 0 Å². The lowest BCUT2D eigenvalue weighted by molar-refractivity contribution is -0.00732. The molecular formula is C84H65Br2I3N2O14. The first-order valence-electron chi connectivity index (χ1n) is 34.3. The summed E-state index contributed by atoms with van der Waals surface area (Å²) in [6.07, 6.45) is 3.35. The second-order valence-electron chi connectivity index (χ2n) is 27.2. The highest BCUT2D eigenvalue weighted by Gasteiger charge is 2.55. The van der Waals surface area contributed by atoms with Gasteiger partial charge in [0.15, 0.2) is 22.4 Å². The third kappa shape index (κ3) is 11.6. The fourth-order valence-electron chi connectivity index (χ4n) is 16.1. The summed E-state index contributed by atoms with van der Waals surface area (Å²) in [5, 5.41) is 21.5. The highest BCUT2D eigenvalue weighted by molar-refractivity contribution is 14.1. The molecule has 0 saturated carbocycles. The van der Waals surface area contributed by atoms with E-state index in [0.717, 1.165) is 123 Å². The number of rotatable bonds is 0. The highest BCUT2D eigenvalue weighted by Crippen LogP contribution is 2.57. The monoisotopic (exact) mass is 1860 g/mol. The number of aromatic hydroxyl groups is 1. The number of nitrogens with one attached hydrogen (secondary N) is 2. The van der Waals surface area contributed by atoms with Gasteiger partial charge in [0.1, 0.15) is 34.5 Å². The second-order valence-corrected chi connectivity index (χ2v) is 32.2. The summed E-state index contributed by atoms with van der Waals surface area (Å²) in [5.41, 5.74) is 14.6. The van der Waals surface area contributed by atoms with Crippen LogP contribution in [0.1, 0.15) is 157 Å². The number of hydrogen-bond donors (Lipinski definition) is 3. The number of aryl methyl sites for hydroxylation is 3. The third-order valence-corrected chi connectivity index (χ3v) is 26.0. The molecule has 16 nitrogen and oxygen atoms in total. The molecule has 530 valence electrons. The maximum absolute atomic E-state index is 12.3. The van der Waals surface area contributed by atoms with Gasteiger partial charge in [-0.15, -0.1) is 0 Å². The van der Waals surface area contributed by atoms with Crippen molar-refractivity contribution in [2.75, 3.05) is 33.0 Å². The molecule has 5 atom stereocenters. The van der Waals surface area contributed by atoms with E-state index >= 15 is 0 Å². The van der Waals surface area contributed by atoms with Crippen molar-refractivity contribution in [1.29, 1.82) is 5.41 Å². The molecule has 105 heavy (non-hydrogen) atoms. The number of carbonyl (C=O) groups excluding carboxylic acids is 4. The van der Waals surface area contributed by atoms with Crippen molar-refractivity contribution in [2.45, 2.75) is 87.7 Å². The van der Waals surface area contributed by atoms with Crippen LogP contribution in [-0.2, 0) is 46.9 Å². The first-order chi connectivity index (χ1) is 50.6. The molecule has 20 rings (SSSR count). The van der Waals surface area contributed by atoms with E-state index in [-0.39, 0.29) is 35.5 Å². The molecule has 5 unspecified atom stereocenters. The van der Waals surface area contributed by atoms with Gasteiger partial charge in [-0.3, -0.25) is 10.2 Å². The predicted molar refractivity (Wildman–Crippen MR) is 425 cm³/mol. The summed E-state index contributed by atoms with van der Waals surface area (Å²) >= 11 is 13.7. The molecule has 0 aliphatic carbocycles. The summed E-state index contributed by atoms with van der Waals surface area (Å²) in [6.45, 7) is 10.9. The smallest absolute Gasteiger partial charge is 0.339 e. The molecule has 10 heterocycles. The maximum atomic E-state index is 12.3. The molecule has 10 aromatic rings. The molecule has 0 bridgehead atoms. The molecule has 1 amide bonds. The largest absolute Gasteiger partial charge is 0.506 e. The lowest BCUT2D eigenvalue weighted by Gasteiger charge is -2.36. The van der Waals surface area contributed by atoms with Gasteiger partial charge in [0, 0.05) is 101 Å². The fraction of sp³-hybridized carbons (Fsp3) is 0.226. The van der Waals surface area contributed by atoms with Gasteiger partial charge < -0.3 is 53.1 Å². The molecule has 10 aliphatic heterocycles. The van der Waals surface area contributed by atoms with Gasteiger partial charge in [-0.2, -0.15) is 0 Å². The minimum absolute atomic E-state index is 0.00836. The van der Waals surface area contributed by atoms with Crippen LogP contribution in [0.5, 0.6) is 34.5 Å². The summed E-state index contributed by atoms with van der Waals surface area (Å²) in [7, 11) is 0. The number of ether oxygens (including phenoxy) is 9. The van der Waals surface area contributed by atoms with Crippen LogP contribution in [-0.4, -0.2) is 67.9 Å². The Bertz CT molecular complexity index is 5120. The van der Waals surface area contributed by atoms with Crippen molar-refractivity contribution < 1.29 is 66.9 Å². The summed E-state index contributed by atoms with van der Waals surface area (Å²) in [5.74, 6) is 3.60. The lowest BCUT2D eigenvalue weighted by atomic mass is 9.79. The quantitative estimate of drug-likeness (QED) is 0.0734. The summed E-state index contributed by atoms with van der Waals surface area (Å²) in [6, 6.07) is 58.8. The van der Waals surface area contributed by atoms with E-state index in [2.05, 4.69) is 142 Å². The number of carbonyl (C=O) groups is 4. The number of phenols is 1. The van der Waals surface area contributed by atoms with Gasteiger partial charge in [0.05, 0.1) is 66.9 Å². The van der Waals surface area contributed by atoms with E-state index in [1.807, 2.05) is 166 Å². The summed E-state index contributed by atoms with van der Waals surface area (Å²) < 4.78 is 57.0. The highest BCUT2D eigenvalue weighted by atomic mass is 127. The van der Waals surface area contributed by atoms with E-state index in [9.17, 15) is 24.3 Å². The van der Waals surface area contributed by atoms with E-state index in [0.29, 0.717) is 81.9 Å². The van der Waals surface area contributed by atoms with Crippen molar-refractivity contribution in [1.82, 2.24) is 5.32 Å². The van der Waals surface area contributed by atoms with E-state index in [1.54, 1.807) is 6.07 Å². The van der Waals surface area contributed by atoms with E-state index in [1.165, 1.54) is 14.7 Å². The van der Waals surface area contributed by atoms with E-state index < -0.39 is 27.9 Å². The number of benzene rings is 10. The maximum Gasteiger partial charge on any atom is 0.339 e. The summed E-state index contributed by atoms with van der Waals surface area (Å²) in [4.78, 5) is 49.0. The Morgan fingerprint density at radius 1 is 0.410 bits per heavy atom. The standard InChI is InChI=1S/C17H12Br2O3.C17H14INO2.C17H15NO2.C17H14O3.C16H10I2O4/c1-9-13(18)8-12-15(14(9)19)21-7-6-17(12)11-5-3-2-4-10(11)16(20)22-17;1-10-8-15-13(9-14(10)18)17(6-7-20-15)12-5-3-2-4-11(12)16(19)21-17;1-11-6-7-14-15(10-11)20-9-8-17(14)13-5-3-2-4-12(13)16(19)18-17;1-11-6-7-14-15(10-11)19-9-8-17(14)13-5-3-2-4-12(13)16(18)20-17;17-11-7-10-14(12(18)13(11)19)21-6-5-16(10)9-4-2-1-3-8(9)15(20)22-16/h2-5,8H,6-7H2,1H3;2-5,8-9,19H,6-7H2,1H3;2-7,10H,8-9H2,1H3,(H,18,19);2-7,10H,8-9H2,1H3;1-4,7,19H,5-6H2. The van der Waals surface area contributed by atoms with Crippen LogP contribution in [0.25, 0.3) is 0 Å². The Balaban J connectivity index is 0.000000101. The Labute approximate surface area is 663 Å². The molecule has 0 aromatic heterocycles. The average molecular weight is 1870 g/mol. The van der Waals surface area contributed by atoms with Crippen molar-refractivity contribution in [3.63, 3.8) is 0 Å². The predicted octanol–water partition coefficient (Wildman–Crippen LogP) is 18.5. The molecule has 21 heteroatoms. The Kier molecular flexibility index (Phi) is 18.5. The third-order valence-electron chi connectivity index (χ3n) is 21.2. The van der Waals surface area contributed by atoms with E-state index in [4.69, 9.17) is 48.0 Å². The van der Waals surface area contributed by atoms with Crippen molar-refractivity contribution in [3.8, 4) is 34.5 Å². The number of phenolic OH excluding ortho intramolecular Hbond substituents is 1. The van der Waals surface area contributed by atoms with Crippen molar-refractivity contribution in [2.24, 2.45) is 0 Å². The molecule has 0 fully saturated rings. The Morgan fingerprint density at radius 3 is 1.37 bits per heavy atom. The van der Waals surface area contributed by atoms with Gasteiger partial charge in [0.2, 0.25) is 5.90 Å². The second kappa shape index (κ2) is 27.4. The van der Waals surface area contributed by atoms with Gasteiger partial charge >= 0.3 is 17.9 Å². The SMILES string of the molecule is Cc1c(Br)cc2c(c1Br)OCCC21OC(=O)c2ccccc21.Cc1cc2c(cc1I)C1(CCO2)OC(=N)c2ccccc21.Cc1ccc2c(c1)OCCC21NC(=O)c2ccccc21.Cc1ccc2c(c1)OCCC21OC(=O)c2ccccc21.O=C1OC2(CCOc3c2cc(I)c(O)c3I)c2ccccc21. The number of hydrogen-bond acceptors (Lipinski definition) is 15. The Morgan fingerprint density at radius 2 is 0.819 bits per heavy atom. The molecule has 0 radical (unpaired) electrons. The van der Waals surface area contributed by atoms with Crippen LogP contribution in [0.4, 0.5) is 0 Å². The van der Waals surface area contributed by atoms with Gasteiger partial charge in [-0.25, -0.2) is 14.4 Å². The first-order valence-corrected chi connectivity index (χ1v) is 39.1. The van der Waals surface area contributed by atoms with Gasteiger partial charge in [-0.05, 0) is 206 Å². The zero-order chi connectivity index (χ0) is 73.1. The lowest BCUT2D eigenvalue weighted by Crippen LogP contribution is -2.44. The van der Waals surface area contributed by atoms with Crippen LogP contribution < -0.4 is 29.0 Å². The average Bonchev–Trinajstić information content (AvgIpc) is 1.64. The van der Waals surface area contributed by atoms with Gasteiger partial charge in [-0.1, -0.05) is 131 Å². The molecular weight excluding hydrogens is 1800 g/mol. The normalized spacial score (nSPS) is 22.5. The number of halogens is 5. The minimum Gasteiger partial charge on any atom is -0.506 e. The molecule has 0 saturated heterocycles. The van der Waals surface area contributed by atoms with Crippen molar-refractivity contribution in [3.05, 3.63) is 307 Å². The number of amides is 1. The topological polar surface area (TPSA) is 207 Å². The fourth-order valence-corrected chi connectivity index (χ4v) is 19.7. The molecule has 10 aliphatic rings. The molecule has 5 spiro atoms. The van der Waals surface area contributed by atoms with Gasteiger partial charge in [0.25, 0.3) is 5.91 Å². The molecule has 10 aromatic carbocycles. The van der Waals surface area contributed by atoms with Crippen LogP contribution in [0, 0.1) is 43.8 Å². The Hall–Kier alpha value is -8.50. The number of fused-ring (bicyclic) bond motifs is 20.